The van der Waals surface area contributed by atoms with Crippen LogP contribution in [0.3, 0.4) is 0 Å². The number of amides is 2. The lowest BCUT2D eigenvalue weighted by Gasteiger charge is -2.17. The summed E-state index contributed by atoms with van der Waals surface area (Å²) in [5.74, 6) is -0.271. The van der Waals surface area contributed by atoms with Crippen molar-refractivity contribution in [3.63, 3.8) is 0 Å². The number of hydrogen-bond donors (Lipinski definition) is 3. The second kappa shape index (κ2) is 8.64. The summed E-state index contributed by atoms with van der Waals surface area (Å²) in [7, 11) is 0. The van der Waals surface area contributed by atoms with E-state index in [9.17, 15) is 9.59 Å². The summed E-state index contributed by atoms with van der Waals surface area (Å²) in [6, 6.07) is 8.73. The Hall–Kier alpha value is -1.59. The molecule has 0 radical (unpaired) electrons. The van der Waals surface area contributed by atoms with E-state index in [2.05, 4.69) is 10.6 Å². The Morgan fingerprint density at radius 1 is 1.33 bits per heavy atom. The molecule has 0 aromatic heterocycles. The molecular weight excluding hydrogens is 290 g/mol. The Bertz CT molecular complexity index is 467. The number of carbonyl (C=O) groups is 2. The zero-order valence-electron chi connectivity index (χ0n) is 11.9. The first kappa shape index (κ1) is 17.5. The Morgan fingerprint density at radius 3 is 2.76 bits per heavy atom. The summed E-state index contributed by atoms with van der Waals surface area (Å²) in [5, 5.41) is 5.58. The van der Waals surface area contributed by atoms with Gasteiger partial charge < -0.3 is 16.4 Å². The van der Waals surface area contributed by atoms with Crippen LogP contribution >= 0.6 is 12.4 Å². The number of hydrogen-bond acceptors (Lipinski definition) is 3. The molecule has 0 saturated carbocycles. The van der Waals surface area contributed by atoms with Crippen molar-refractivity contribution >= 4 is 24.2 Å². The van der Waals surface area contributed by atoms with Gasteiger partial charge >= 0.3 is 0 Å². The van der Waals surface area contributed by atoms with Gasteiger partial charge in [0.05, 0.1) is 0 Å². The monoisotopic (exact) mass is 311 g/mol. The molecule has 1 aliphatic heterocycles. The van der Waals surface area contributed by atoms with E-state index in [0.29, 0.717) is 13.0 Å². The van der Waals surface area contributed by atoms with E-state index in [-0.39, 0.29) is 36.7 Å². The molecular formula is C15H22ClN3O2. The van der Waals surface area contributed by atoms with Gasteiger partial charge in [0, 0.05) is 19.0 Å². The summed E-state index contributed by atoms with van der Waals surface area (Å²) < 4.78 is 0. The Labute approximate surface area is 131 Å². The van der Waals surface area contributed by atoms with Gasteiger partial charge in [-0.3, -0.25) is 9.59 Å². The minimum Gasteiger partial charge on any atom is -0.354 e. The van der Waals surface area contributed by atoms with Gasteiger partial charge in [-0.15, -0.1) is 12.4 Å². The molecule has 0 aliphatic carbocycles. The lowest BCUT2D eigenvalue weighted by molar-refractivity contribution is -0.129. The summed E-state index contributed by atoms with van der Waals surface area (Å²) in [6.07, 6.45) is 2.78. The number of nitrogens with one attached hydrogen (secondary N) is 2. The molecule has 2 atom stereocenters. The highest BCUT2D eigenvalue weighted by molar-refractivity contribution is 5.88. The molecule has 5 nitrogen and oxygen atoms in total. The molecule has 21 heavy (non-hydrogen) atoms. The average molecular weight is 312 g/mol. The van der Waals surface area contributed by atoms with E-state index in [4.69, 9.17) is 5.73 Å². The molecule has 2 amide bonds. The Balaban J connectivity index is 0.00000220. The van der Waals surface area contributed by atoms with E-state index in [0.717, 1.165) is 18.4 Å². The molecule has 1 aliphatic rings. The van der Waals surface area contributed by atoms with Crippen LogP contribution in [0.5, 0.6) is 0 Å². The molecule has 2 unspecified atom stereocenters. The highest BCUT2D eigenvalue weighted by Gasteiger charge is 2.23. The molecule has 0 bridgehead atoms. The Morgan fingerprint density at radius 2 is 2.05 bits per heavy atom. The highest BCUT2D eigenvalue weighted by atomic mass is 35.5. The smallest absolute Gasteiger partial charge is 0.242 e. The maximum Gasteiger partial charge on any atom is 0.242 e. The third-order valence-electron chi connectivity index (χ3n) is 3.50. The first-order valence-electron chi connectivity index (χ1n) is 7.04. The van der Waals surface area contributed by atoms with E-state index in [1.807, 2.05) is 30.3 Å². The minimum absolute atomic E-state index is 0. The van der Waals surface area contributed by atoms with Crippen LogP contribution in [-0.4, -0.2) is 24.4 Å². The quantitative estimate of drug-likeness (QED) is 0.783. The molecule has 1 saturated heterocycles. The molecule has 0 spiro atoms. The van der Waals surface area contributed by atoms with E-state index in [1.54, 1.807) is 0 Å². The van der Waals surface area contributed by atoms with E-state index in [1.165, 1.54) is 0 Å². The zero-order chi connectivity index (χ0) is 14.4. The summed E-state index contributed by atoms with van der Waals surface area (Å²) in [5.41, 5.74) is 6.93. The van der Waals surface area contributed by atoms with E-state index < -0.39 is 6.04 Å². The topological polar surface area (TPSA) is 84.2 Å². The second-order valence-corrected chi connectivity index (χ2v) is 5.13. The van der Waals surface area contributed by atoms with Crippen LogP contribution in [0.15, 0.2) is 30.3 Å². The van der Waals surface area contributed by atoms with Crippen molar-refractivity contribution in [1.29, 1.82) is 0 Å². The largest absolute Gasteiger partial charge is 0.354 e. The standard InChI is InChI=1S/C15H21N3O2.ClH/c16-12(11-6-2-1-3-7-11)10-14(19)18-13-8-4-5-9-17-15(13)20;/h1-3,6-7,12-13H,4-5,8-10,16H2,(H,17,20)(H,18,19);1H. The predicted octanol–water partition coefficient (Wildman–Crippen LogP) is 1.28. The molecule has 1 fully saturated rings. The van der Waals surface area contributed by atoms with Crippen LogP contribution < -0.4 is 16.4 Å². The molecule has 6 heteroatoms. The number of halogens is 1. The second-order valence-electron chi connectivity index (χ2n) is 5.13. The molecule has 1 aromatic rings. The number of carbonyl (C=O) groups excluding carboxylic acids is 2. The number of rotatable bonds is 4. The van der Waals surface area contributed by atoms with Gasteiger partial charge in [0.15, 0.2) is 0 Å². The van der Waals surface area contributed by atoms with Crippen molar-refractivity contribution < 1.29 is 9.59 Å². The van der Waals surface area contributed by atoms with Gasteiger partial charge in [0.2, 0.25) is 11.8 Å². The molecule has 1 aromatic carbocycles. The van der Waals surface area contributed by atoms with Gasteiger partial charge in [0.25, 0.3) is 0 Å². The average Bonchev–Trinajstić information content (AvgIpc) is 2.65. The van der Waals surface area contributed by atoms with Crippen molar-refractivity contribution in [1.82, 2.24) is 10.6 Å². The van der Waals surface area contributed by atoms with Gasteiger partial charge in [-0.05, 0) is 24.8 Å². The van der Waals surface area contributed by atoms with E-state index >= 15 is 0 Å². The van der Waals surface area contributed by atoms with Crippen LogP contribution in [-0.2, 0) is 9.59 Å². The summed E-state index contributed by atoms with van der Waals surface area (Å²) in [4.78, 5) is 23.7. The van der Waals surface area contributed by atoms with Crippen LogP contribution in [0.1, 0.15) is 37.3 Å². The van der Waals surface area contributed by atoms with Crippen molar-refractivity contribution in [3.8, 4) is 0 Å². The van der Waals surface area contributed by atoms with Gasteiger partial charge in [-0.2, -0.15) is 0 Å². The first-order chi connectivity index (χ1) is 9.66. The fraction of sp³-hybridized carbons (Fsp3) is 0.467. The van der Waals surface area contributed by atoms with Crippen LogP contribution in [0.25, 0.3) is 0 Å². The third kappa shape index (κ3) is 5.36. The predicted molar refractivity (Wildman–Crippen MR) is 84.0 cm³/mol. The number of benzene rings is 1. The minimum atomic E-state index is -0.423. The van der Waals surface area contributed by atoms with Gasteiger partial charge in [0.1, 0.15) is 6.04 Å². The number of nitrogens with two attached hydrogens (primary N) is 1. The van der Waals surface area contributed by atoms with Crippen LogP contribution in [0, 0.1) is 0 Å². The fourth-order valence-corrected chi connectivity index (χ4v) is 2.35. The third-order valence-corrected chi connectivity index (χ3v) is 3.50. The van der Waals surface area contributed by atoms with Crippen LogP contribution in [0.4, 0.5) is 0 Å². The van der Waals surface area contributed by atoms with Gasteiger partial charge in [-0.1, -0.05) is 30.3 Å². The Kier molecular flexibility index (Phi) is 7.19. The highest BCUT2D eigenvalue weighted by Crippen LogP contribution is 2.13. The SMILES string of the molecule is Cl.NC(CC(=O)NC1CCCCNC1=O)c1ccccc1. The lowest BCUT2D eigenvalue weighted by atomic mass is 10.0. The maximum absolute atomic E-state index is 12.0. The first-order valence-corrected chi connectivity index (χ1v) is 7.04. The summed E-state index contributed by atoms with van der Waals surface area (Å²) in [6.45, 7) is 0.689. The van der Waals surface area contributed by atoms with Gasteiger partial charge in [-0.25, -0.2) is 0 Å². The fourth-order valence-electron chi connectivity index (χ4n) is 2.35. The molecule has 2 rings (SSSR count). The molecule has 4 N–H and O–H groups in total. The molecule has 116 valence electrons. The van der Waals surface area contributed by atoms with Crippen molar-refractivity contribution in [3.05, 3.63) is 35.9 Å². The van der Waals surface area contributed by atoms with Crippen LogP contribution in [0.2, 0.25) is 0 Å². The van der Waals surface area contributed by atoms with Crippen molar-refractivity contribution in [2.45, 2.75) is 37.8 Å². The normalized spacial score (nSPS) is 19.7. The zero-order valence-corrected chi connectivity index (χ0v) is 12.7. The van der Waals surface area contributed by atoms with Crippen molar-refractivity contribution in [2.75, 3.05) is 6.54 Å². The van der Waals surface area contributed by atoms with Crippen molar-refractivity contribution in [2.24, 2.45) is 5.73 Å². The molecule has 1 heterocycles. The lowest BCUT2D eigenvalue weighted by Crippen LogP contribution is -2.46. The summed E-state index contributed by atoms with van der Waals surface area (Å²) >= 11 is 0. The maximum atomic E-state index is 12.0.